The Labute approximate surface area is 111 Å². The number of hydrogen-bond acceptors (Lipinski definition) is 3. The molecule has 1 unspecified atom stereocenters. The van der Waals surface area contributed by atoms with Crippen LogP contribution in [-0.4, -0.2) is 27.6 Å². The number of carbonyl (C=O) groups is 2. The number of nitrogens with one attached hydrogen (secondary N) is 1. The molecular weight excluding hydrogens is 248 g/mol. The maximum Gasteiger partial charge on any atom is 0.305 e. The molecule has 1 heterocycles. The van der Waals surface area contributed by atoms with Gasteiger partial charge in [0.05, 0.1) is 6.42 Å². The highest BCUT2D eigenvalue weighted by atomic mass is 16.4. The quantitative estimate of drug-likeness (QED) is 0.756. The summed E-state index contributed by atoms with van der Waals surface area (Å²) in [5.74, 6) is -1.18. The van der Waals surface area contributed by atoms with Crippen molar-refractivity contribution in [2.75, 3.05) is 0 Å². The molecule has 0 aliphatic heterocycles. The first-order valence-electron chi connectivity index (χ1n) is 6.19. The summed E-state index contributed by atoms with van der Waals surface area (Å²) in [6.07, 6.45) is 2.24. The average Bonchev–Trinajstić information content (AvgIpc) is 2.36. The monoisotopic (exact) mass is 266 g/mol. The van der Waals surface area contributed by atoms with Crippen molar-refractivity contribution in [1.29, 1.82) is 0 Å². The minimum atomic E-state index is -0.938. The van der Waals surface area contributed by atoms with Crippen LogP contribution in [0.1, 0.15) is 26.2 Å². The van der Waals surface area contributed by atoms with E-state index in [9.17, 15) is 14.4 Å². The lowest BCUT2D eigenvalue weighted by Crippen LogP contribution is -2.36. The van der Waals surface area contributed by atoms with Gasteiger partial charge in [-0.25, -0.2) is 0 Å². The first-order chi connectivity index (χ1) is 9.02. The second-order valence-electron chi connectivity index (χ2n) is 4.25. The predicted molar refractivity (Wildman–Crippen MR) is 69.8 cm³/mol. The number of rotatable bonds is 7. The third kappa shape index (κ3) is 5.37. The van der Waals surface area contributed by atoms with Crippen molar-refractivity contribution < 1.29 is 14.7 Å². The molecule has 6 heteroatoms. The number of aliphatic carboxylic acids is 1. The zero-order chi connectivity index (χ0) is 14.3. The van der Waals surface area contributed by atoms with Gasteiger partial charge in [0.25, 0.3) is 5.56 Å². The zero-order valence-electron chi connectivity index (χ0n) is 10.8. The van der Waals surface area contributed by atoms with E-state index in [2.05, 4.69) is 5.32 Å². The van der Waals surface area contributed by atoms with Gasteiger partial charge >= 0.3 is 5.97 Å². The highest BCUT2D eigenvalue weighted by molar-refractivity contribution is 5.77. The van der Waals surface area contributed by atoms with Gasteiger partial charge in [0.2, 0.25) is 5.91 Å². The standard InChI is InChI=1S/C13H18N2O4/c1-2-10(9-13(18)19)14-11(16)6-8-15-7-4-3-5-12(15)17/h3-5,7,10H,2,6,8-9H2,1H3,(H,14,16)(H,18,19). The summed E-state index contributed by atoms with van der Waals surface area (Å²) in [4.78, 5) is 33.6. The van der Waals surface area contributed by atoms with Crippen molar-refractivity contribution in [3.63, 3.8) is 0 Å². The molecule has 0 aliphatic carbocycles. The minimum absolute atomic E-state index is 0.0898. The lowest BCUT2D eigenvalue weighted by Gasteiger charge is -2.14. The van der Waals surface area contributed by atoms with E-state index in [-0.39, 0.29) is 36.9 Å². The Hall–Kier alpha value is -2.11. The number of aryl methyl sites for hydroxylation is 1. The van der Waals surface area contributed by atoms with Gasteiger partial charge in [0.15, 0.2) is 0 Å². The molecule has 0 spiro atoms. The topological polar surface area (TPSA) is 88.4 Å². The molecule has 104 valence electrons. The second kappa shape index (κ2) is 7.35. The predicted octanol–water partition coefficient (Wildman–Crippen LogP) is 0.608. The maximum absolute atomic E-state index is 11.7. The van der Waals surface area contributed by atoms with Crippen LogP contribution in [0.2, 0.25) is 0 Å². The Morgan fingerprint density at radius 2 is 2.16 bits per heavy atom. The van der Waals surface area contributed by atoms with Gasteiger partial charge in [-0.3, -0.25) is 14.4 Å². The third-order valence-electron chi connectivity index (χ3n) is 2.76. The van der Waals surface area contributed by atoms with E-state index in [0.29, 0.717) is 6.42 Å². The van der Waals surface area contributed by atoms with Crippen LogP contribution in [0.5, 0.6) is 0 Å². The summed E-state index contributed by atoms with van der Waals surface area (Å²) in [5, 5.41) is 11.3. The smallest absolute Gasteiger partial charge is 0.305 e. The van der Waals surface area contributed by atoms with Crippen LogP contribution in [0.15, 0.2) is 29.2 Å². The van der Waals surface area contributed by atoms with E-state index in [1.165, 1.54) is 10.6 Å². The molecule has 6 nitrogen and oxygen atoms in total. The van der Waals surface area contributed by atoms with E-state index >= 15 is 0 Å². The molecule has 0 aromatic carbocycles. The van der Waals surface area contributed by atoms with Gasteiger partial charge in [-0.05, 0) is 12.5 Å². The number of pyridine rings is 1. The Balaban J connectivity index is 2.45. The van der Waals surface area contributed by atoms with Gasteiger partial charge in [0.1, 0.15) is 0 Å². The molecule has 1 rings (SSSR count). The molecule has 1 aromatic heterocycles. The summed E-state index contributed by atoms with van der Waals surface area (Å²) in [5.41, 5.74) is -0.159. The van der Waals surface area contributed by atoms with Gasteiger partial charge in [0, 0.05) is 31.3 Å². The molecular formula is C13H18N2O4. The van der Waals surface area contributed by atoms with Crippen LogP contribution in [-0.2, 0) is 16.1 Å². The molecule has 0 radical (unpaired) electrons. The van der Waals surface area contributed by atoms with Crippen molar-refractivity contribution in [2.45, 2.75) is 38.8 Å². The van der Waals surface area contributed by atoms with Crippen molar-refractivity contribution in [3.05, 3.63) is 34.7 Å². The minimum Gasteiger partial charge on any atom is -0.481 e. The van der Waals surface area contributed by atoms with Crippen LogP contribution in [0.25, 0.3) is 0 Å². The highest BCUT2D eigenvalue weighted by Gasteiger charge is 2.13. The molecule has 1 atom stereocenters. The fourth-order valence-electron chi connectivity index (χ4n) is 1.68. The maximum atomic E-state index is 11.7. The number of aromatic nitrogens is 1. The van der Waals surface area contributed by atoms with Crippen LogP contribution in [0.3, 0.4) is 0 Å². The summed E-state index contributed by atoms with van der Waals surface area (Å²) in [6, 6.07) is 4.42. The largest absolute Gasteiger partial charge is 0.481 e. The molecule has 0 bridgehead atoms. The van der Waals surface area contributed by atoms with Crippen molar-refractivity contribution in [3.8, 4) is 0 Å². The number of amides is 1. The number of nitrogens with zero attached hydrogens (tertiary/aromatic N) is 1. The average molecular weight is 266 g/mol. The molecule has 0 saturated carbocycles. The van der Waals surface area contributed by atoms with E-state index in [1.54, 1.807) is 18.3 Å². The van der Waals surface area contributed by atoms with Crippen molar-refractivity contribution in [1.82, 2.24) is 9.88 Å². The summed E-state index contributed by atoms with van der Waals surface area (Å²) < 4.78 is 1.44. The van der Waals surface area contributed by atoms with E-state index in [0.717, 1.165) is 0 Å². The molecule has 0 fully saturated rings. The number of hydrogen-bond donors (Lipinski definition) is 2. The van der Waals surface area contributed by atoms with E-state index in [4.69, 9.17) is 5.11 Å². The Bertz CT molecular complexity index is 495. The molecule has 0 aliphatic rings. The second-order valence-corrected chi connectivity index (χ2v) is 4.25. The van der Waals surface area contributed by atoms with Crippen LogP contribution >= 0.6 is 0 Å². The number of carbonyl (C=O) groups excluding carboxylic acids is 1. The van der Waals surface area contributed by atoms with E-state index in [1.807, 2.05) is 6.92 Å². The Morgan fingerprint density at radius 1 is 1.42 bits per heavy atom. The fourth-order valence-corrected chi connectivity index (χ4v) is 1.68. The first-order valence-corrected chi connectivity index (χ1v) is 6.19. The molecule has 1 aromatic rings. The Morgan fingerprint density at radius 3 is 2.74 bits per heavy atom. The van der Waals surface area contributed by atoms with E-state index < -0.39 is 5.97 Å². The van der Waals surface area contributed by atoms with Crippen molar-refractivity contribution in [2.24, 2.45) is 0 Å². The van der Waals surface area contributed by atoms with Crippen LogP contribution in [0, 0.1) is 0 Å². The lowest BCUT2D eigenvalue weighted by molar-refractivity contribution is -0.137. The third-order valence-corrected chi connectivity index (χ3v) is 2.76. The van der Waals surface area contributed by atoms with Crippen LogP contribution in [0.4, 0.5) is 0 Å². The molecule has 2 N–H and O–H groups in total. The first kappa shape index (κ1) is 14.9. The molecule has 1 amide bonds. The zero-order valence-corrected chi connectivity index (χ0v) is 10.8. The molecule has 19 heavy (non-hydrogen) atoms. The SMILES string of the molecule is CCC(CC(=O)O)NC(=O)CCn1ccccc1=O. The normalized spacial score (nSPS) is 11.8. The van der Waals surface area contributed by atoms with Crippen molar-refractivity contribution >= 4 is 11.9 Å². The summed E-state index contributed by atoms with van der Waals surface area (Å²) in [7, 11) is 0. The highest BCUT2D eigenvalue weighted by Crippen LogP contribution is 1.98. The number of carboxylic acids is 1. The lowest BCUT2D eigenvalue weighted by atomic mass is 10.1. The van der Waals surface area contributed by atoms with Crippen LogP contribution < -0.4 is 10.9 Å². The van der Waals surface area contributed by atoms with Gasteiger partial charge in [-0.15, -0.1) is 0 Å². The summed E-state index contributed by atoms with van der Waals surface area (Å²) >= 11 is 0. The number of carboxylic acid groups (broad SMARTS) is 1. The van der Waals surface area contributed by atoms with Gasteiger partial charge < -0.3 is 15.0 Å². The molecule has 0 saturated heterocycles. The summed E-state index contributed by atoms with van der Waals surface area (Å²) in [6.45, 7) is 2.10. The Kier molecular flexibility index (Phi) is 5.78. The van der Waals surface area contributed by atoms with Gasteiger partial charge in [-0.1, -0.05) is 13.0 Å². The fraction of sp³-hybridized carbons (Fsp3) is 0.462. The van der Waals surface area contributed by atoms with Gasteiger partial charge in [-0.2, -0.15) is 0 Å².